The third-order valence-electron chi connectivity index (χ3n) is 4.21. The number of fused-ring (bicyclic) bond motifs is 1. The Morgan fingerprint density at radius 1 is 1.22 bits per heavy atom. The highest BCUT2D eigenvalue weighted by Gasteiger charge is 2.35. The first-order valence-electron chi connectivity index (χ1n) is 8.21. The van der Waals surface area contributed by atoms with Crippen molar-refractivity contribution in [2.75, 3.05) is 11.9 Å². The summed E-state index contributed by atoms with van der Waals surface area (Å²) in [4.78, 5) is 8.73. The molecule has 142 valence electrons. The molecule has 0 saturated carbocycles. The smallest absolute Gasteiger partial charge is 0.298 e. The molecule has 0 bridgehead atoms. The van der Waals surface area contributed by atoms with Gasteiger partial charge in [-0.15, -0.1) is 0 Å². The molecule has 0 radical (unpaired) electrons. The monoisotopic (exact) mass is 439 g/mol. The molecule has 3 rings (SSSR count). The lowest BCUT2D eigenvalue weighted by molar-refractivity contribution is -0.0583. The number of aromatic nitrogens is 2. The van der Waals surface area contributed by atoms with Crippen LogP contribution in [0.15, 0.2) is 40.9 Å². The number of aryl methyl sites for hydroxylation is 1. The van der Waals surface area contributed by atoms with E-state index in [0.717, 1.165) is 15.9 Å². The van der Waals surface area contributed by atoms with Gasteiger partial charge in [0.1, 0.15) is 24.1 Å². The lowest BCUT2D eigenvalue weighted by Gasteiger charge is -2.21. The standard InChI is InChI=1S/C19H17BrF3N3O/c1-10(13-4-3-5-15(17(13)21)19(22,23)9-27)24-18-14-8-12(20)6-7-16(14)25-11(2)26-18/h3-8,10,27H,9H2,1-2H3,(H,24,25,26)/t10-/m1/s1. The maximum absolute atomic E-state index is 14.7. The van der Waals surface area contributed by atoms with E-state index in [4.69, 9.17) is 5.11 Å². The van der Waals surface area contributed by atoms with Crippen molar-refractivity contribution < 1.29 is 18.3 Å². The van der Waals surface area contributed by atoms with Crippen LogP contribution in [0.2, 0.25) is 0 Å². The second kappa shape index (κ2) is 7.44. The second-order valence-corrected chi connectivity index (χ2v) is 7.13. The van der Waals surface area contributed by atoms with Crippen LogP contribution >= 0.6 is 15.9 Å². The minimum absolute atomic E-state index is 0.0556. The van der Waals surface area contributed by atoms with E-state index in [1.165, 1.54) is 12.1 Å². The van der Waals surface area contributed by atoms with Crippen molar-refractivity contribution in [1.82, 2.24) is 9.97 Å². The summed E-state index contributed by atoms with van der Waals surface area (Å²) in [6.07, 6.45) is 0. The molecule has 27 heavy (non-hydrogen) atoms. The van der Waals surface area contributed by atoms with E-state index < -0.39 is 30.0 Å². The number of hydrogen-bond acceptors (Lipinski definition) is 4. The predicted molar refractivity (Wildman–Crippen MR) is 101 cm³/mol. The molecule has 0 spiro atoms. The van der Waals surface area contributed by atoms with Crippen molar-refractivity contribution >= 4 is 32.7 Å². The van der Waals surface area contributed by atoms with Gasteiger partial charge < -0.3 is 10.4 Å². The number of rotatable bonds is 5. The molecule has 0 fully saturated rings. The Bertz CT molecular complexity index is 997. The fraction of sp³-hybridized carbons (Fsp3) is 0.263. The third kappa shape index (κ3) is 3.91. The van der Waals surface area contributed by atoms with E-state index in [1.807, 2.05) is 18.2 Å². The van der Waals surface area contributed by atoms with Crippen molar-refractivity contribution in [3.05, 3.63) is 63.6 Å². The highest BCUT2D eigenvalue weighted by atomic mass is 79.9. The van der Waals surface area contributed by atoms with E-state index in [1.54, 1.807) is 13.8 Å². The van der Waals surface area contributed by atoms with Gasteiger partial charge in [0.05, 0.1) is 17.1 Å². The molecule has 0 saturated heterocycles. The van der Waals surface area contributed by atoms with E-state index in [0.29, 0.717) is 17.2 Å². The van der Waals surface area contributed by atoms with Gasteiger partial charge >= 0.3 is 0 Å². The number of hydrogen-bond donors (Lipinski definition) is 2. The van der Waals surface area contributed by atoms with E-state index >= 15 is 0 Å². The lowest BCUT2D eigenvalue weighted by atomic mass is 10.00. The summed E-state index contributed by atoms with van der Waals surface area (Å²) < 4.78 is 43.1. The van der Waals surface area contributed by atoms with Crippen LogP contribution < -0.4 is 5.32 Å². The van der Waals surface area contributed by atoms with Crippen LogP contribution in [0, 0.1) is 12.7 Å². The molecular formula is C19H17BrF3N3O. The summed E-state index contributed by atoms with van der Waals surface area (Å²) >= 11 is 3.40. The number of alkyl halides is 2. The molecule has 4 nitrogen and oxygen atoms in total. The Morgan fingerprint density at radius 3 is 2.67 bits per heavy atom. The molecule has 1 heterocycles. The zero-order valence-corrected chi connectivity index (χ0v) is 16.2. The molecule has 0 amide bonds. The van der Waals surface area contributed by atoms with Crippen molar-refractivity contribution in [2.45, 2.75) is 25.8 Å². The molecule has 0 aliphatic rings. The van der Waals surface area contributed by atoms with Crippen LogP contribution in [0.4, 0.5) is 19.0 Å². The Labute approximate surface area is 162 Å². The molecule has 3 aromatic rings. The first-order valence-corrected chi connectivity index (χ1v) is 9.00. The van der Waals surface area contributed by atoms with Gasteiger partial charge in [-0.3, -0.25) is 0 Å². The summed E-state index contributed by atoms with van der Waals surface area (Å²) in [6, 6.07) is 8.61. The van der Waals surface area contributed by atoms with Crippen LogP contribution in [0.1, 0.15) is 29.9 Å². The van der Waals surface area contributed by atoms with Gasteiger partial charge in [0.2, 0.25) is 0 Å². The van der Waals surface area contributed by atoms with Gasteiger partial charge in [-0.2, -0.15) is 8.78 Å². The van der Waals surface area contributed by atoms with Gasteiger partial charge in [0.15, 0.2) is 0 Å². The quantitative estimate of drug-likeness (QED) is 0.580. The van der Waals surface area contributed by atoms with E-state index in [9.17, 15) is 13.2 Å². The first-order chi connectivity index (χ1) is 12.7. The highest BCUT2D eigenvalue weighted by molar-refractivity contribution is 9.10. The minimum atomic E-state index is -3.65. The van der Waals surface area contributed by atoms with Gasteiger partial charge in [0, 0.05) is 15.4 Å². The fourth-order valence-corrected chi connectivity index (χ4v) is 3.22. The summed E-state index contributed by atoms with van der Waals surface area (Å²) in [5.74, 6) is -3.69. The maximum Gasteiger partial charge on any atom is 0.298 e. The summed E-state index contributed by atoms with van der Waals surface area (Å²) in [6.45, 7) is 1.93. The molecule has 2 N–H and O–H groups in total. The van der Waals surface area contributed by atoms with Crippen molar-refractivity contribution in [3.63, 3.8) is 0 Å². The summed E-state index contributed by atoms with van der Waals surface area (Å²) in [5.41, 5.74) is -0.0657. The largest absolute Gasteiger partial charge is 0.390 e. The third-order valence-corrected chi connectivity index (χ3v) is 4.70. The number of halogens is 4. The number of aliphatic hydroxyl groups is 1. The van der Waals surface area contributed by atoms with E-state index in [-0.39, 0.29) is 5.56 Å². The Hall–Kier alpha value is -2.19. The number of aliphatic hydroxyl groups excluding tert-OH is 1. The van der Waals surface area contributed by atoms with Gasteiger partial charge in [-0.05, 0) is 38.1 Å². The Balaban J connectivity index is 2.02. The van der Waals surface area contributed by atoms with Gasteiger partial charge in [-0.1, -0.05) is 28.1 Å². The lowest BCUT2D eigenvalue weighted by Crippen LogP contribution is -2.22. The van der Waals surface area contributed by atoms with E-state index in [2.05, 4.69) is 31.2 Å². The maximum atomic E-state index is 14.7. The van der Waals surface area contributed by atoms with Gasteiger partial charge in [-0.25, -0.2) is 14.4 Å². The number of anilines is 1. The molecule has 0 aliphatic carbocycles. The normalized spacial score (nSPS) is 13.0. The van der Waals surface area contributed by atoms with Crippen LogP contribution in [0.25, 0.3) is 10.9 Å². The zero-order chi connectivity index (χ0) is 19.8. The number of nitrogens with one attached hydrogen (secondary N) is 1. The Morgan fingerprint density at radius 2 is 1.96 bits per heavy atom. The number of nitrogens with zero attached hydrogens (tertiary/aromatic N) is 2. The Kier molecular flexibility index (Phi) is 5.39. The van der Waals surface area contributed by atoms with Crippen molar-refractivity contribution in [3.8, 4) is 0 Å². The summed E-state index contributed by atoms with van der Waals surface area (Å²) in [7, 11) is 0. The molecule has 1 aromatic heterocycles. The molecule has 1 atom stereocenters. The second-order valence-electron chi connectivity index (χ2n) is 6.22. The van der Waals surface area contributed by atoms with Crippen LogP contribution in [0.5, 0.6) is 0 Å². The highest BCUT2D eigenvalue weighted by Crippen LogP contribution is 2.34. The van der Waals surface area contributed by atoms with Crippen LogP contribution in [0.3, 0.4) is 0 Å². The first kappa shape index (κ1) is 19.6. The average molecular weight is 440 g/mol. The molecule has 2 aromatic carbocycles. The van der Waals surface area contributed by atoms with Gasteiger partial charge in [0.25, 0.3) is 5.92 Å². The average Bonchev–Trinajstić information content (AvgIpc) is 2.62. The van der Waals surface area contributed by atoms with Crippen LogP contribution in [-0.2, 0) is 5.92 Å². The molecule has 8 heteroatoms. The fourth-order valence-electron chi connectivity index (χ4n) is 2.86. The summed E-state index contributed by atoms with van der Waals surface area (Å²) in [5, 5.41) is 12.7. The number of benzene rings is 2. The predicted octanol–water partition coefficient (Wildman–Crippen LogP) is 5.10. The van der Waals surface area contributed by atoms with Crippen molar-refractivity contribution in [2.24, 2.45) is 0 Å². The van der Waals surface area contributed by atoms with Crippen LogP contribution in [-0.4, -0.2) is 21.7 Å². The molecular weight excluding hydrogens is 423 g/mol. The SMILES string of the molecule is Cc1nc(N[C@H](C)c2cccc(C(F)(F)CO)c2F)c2cc(Br)ccc2n1. The van der Waals surface area contributed by atoms with Crippen molar-refractivity contribution in [1.29, 1.82) is 0 Å². The molecule has 0 aliphatic heterocycles. The molecule has 0 unspecified atom stereocenters. The topological polar surface area (TPSA) is 58.0 Å². The zero-order valence-electron chi connectivity index (χ0n) is 14.6. The minimum Gasteiger partial charge on any atom is -0.390 e.